The van der Waals surface area contributed by atoms with Crippen molar-refractivity contribution in [2.24, 2.45) is 0 Å². The molecule has 7 nitrogen and oxygen atoms in total. The van der Waals surface area contributed by atoms with Crippen LogP contribution < -0.4 is 0 Å². The van der Waals surface area contributed by atoms with Gasteiger partial charge in [-0.25, -0.2) is 9.59 Å². The van der Waals surface area contributed by atoms with Gasteiger partial charge in [0.25, 0.3) is 1.43 Å². The quantitative estimate of drug-likeness (QED) is 0.910. The van der Waals surface area contributed by atoms with E-state index in [1.807, 2.05) is 30.3 Å². The second-order valence-electron chi connectivity index (χ2n) is 5.67. The number of hydrogen-bond acceptors (Lipinski definition) is 6. The van der Waals surface area contributed by atoms with E-state index in [9.17, 15) is 9.59 Å². The first-order valence-electron chi connectivity index (χ1n) is 7.97. The lowest BCUT2D eigenvalue weighted by Gasteiger charge is -2.33. The van der Waals surface area contributed by atoms with E-state index in [0.29, 0.717) is 13.2 Å². The third kappa shape index (κ3) is 3.46. The molecule has 0 unspecified atom stereocenters. The molecule has 0 bridgehead atoms. The highest BCUT2D eigenvalue weighted by atomic mass is 16.7. The van der Waals surface area contributed by atoms with Gasteiger partial charge in [0.15, 0.2) is 5.79 Å². The summed E-state index contributed by atoms with van der Waals surface area (Å²) in [7, 11) is 0. The highest BCUT2D eigenvalue weighted by Crippen LogP contribution is 2.34. The van der Waals surface area contributed by atoms with Gasteiger partial charge in [-0.2, -0.15) is 0 Å². The Morgan fingerprint density at radius 2 is 2.09 bits per heavy atom. The van der Waals surface area contributed by atoms with Gasteiger partial charge in [0.2, 0.25) is 0 Å². The number of hydrogen-bond donors (Lipinski definition) is 1. The van der Waals surface area contributed by atoms with E-state index in [4.69, 9.17) is 15.6 Å². The summed E-state index contributed by atoms with van der Waals surface area (Å²) in [6.45, 7) is 1.15. The summed E-state index contributed by atoms with van der Waals surface area (Å²) in [6.07, 6.45) is 0.225. The molecule has 0 radical (unpaired) electrons. The Morgan fingerprint density at radius 1 is 1.35 bits per heavy atom. The number of nitrogens with zero attached hydrogens (tertiary/aromatic N) is 1. The maximum Gasteiger partial charge on any atom is 0.411 e. The van der Waals surface area contributed by atoms with Crippen LogP contribution in [0.15, 0.2) is 30.3 Å². The second-order valence-corrected chi connectivity index (χ2v) is 5.67. The fraction of sp³-hybridized carbons (Fsp3) is 0.500. The van der Waals surface area contributed by atoms with E-state index in [-0.39, 0.29) is 19.6 Å². The van der Waals surface area contributed by atoms with Gasteiger partial charge in [0.05, 0.1) is 19.8 Å². The van der Waals surface area contributed by atoms with E-state index in [1.165, 1.54) is 4.90 Å². The topological polar surface area (TPSA) is 85.3 Å². The van der Waals surface area contributed by atoms with E-state index < -0.39 is 23.9 Å². The van der Waals surface area contributed by atoms with Crippen LogP contribution in [0.1, 0.15) is 18.4 Å². The summed E-state index contributed by atoms with van der Waals surface area (Å²) in [5, 5.41) is 4.06. The zero-order chi connectivity index (χ0) is 17.0. The van der Waals surface area contributed by atoms with Gasteiger partial charge >= 0.3 is 12.1 Å². The molecular weight excluding hydrogens is 302 g/mol. The molecule has 23 heavy (non-hydrogen) atoms. The molecule has 2 aliphatic rings. The van der Waals surface area contributed by atoms with Crippen molar-refractivity contribution in [3.05, 3.63) is 35.9 Å². The summed E-state index contributed by atoms with van der Waals surface area (Å²) in [5.74, 6) is -1.86. The van der Waals surface area contributed by atoms with Gasteiger partial charge in [0.1, 0.15) is 12.6 Å². The molecule has 1 aromatic carbocycles. The molecule has 0 aliphatic carbocycles. The molecule has 124 valence electrons. The molecule has 0 aromatic heterocycles. The molecule has 2 aliphatic heterocycles. The van der Waals surface area contributed by atoms with Crippen molar-refractivity contribution in [1.82, 2.24) is 4.90 Å². The highest BCUT2D eigenvalue weighted by Gasteiger charge is 2.52. The number of amides is 1. The van der Waals surface area contributed by atoms with Gasteiger partial charge in [-0.05, 0) is 12.0 Å². The second kappa shape index (κ2) is 6.55. The Kier molecular flexibility index (Phi) is 4.12. The van der Waals surface area contributed by atoms with Gasteiger partial charge in [-0.3, -0.25) is 4.90 Å². The van der Waals surface area contributed by atoms with Crippen LogP contribution in [0.3, 0.4) is 0 Å². The average molecular weight is 322 g/mol. The van der Waals surface area contributed by atoms with Crippen molar-refractivity contribution in [2.45, 2.75) is 31.3 Å². The van der Waals surface area contributed by atoms with Gasteiger partial charge in [-0.1, -0.05) is 30.3 Å². The molecule has 1 N–H and O–H groups in total. The fourth-order valence-corrected chi connectivity index (χ4v) is 2.87. The standard InChI is InChI=1S/C16H19NO6/c18-14(19)13-9-16(22-7-4-8-23-16)11-17(13)15(20)21-10-12-5-2-1-3-6-12/h1-3,5-6,13H,4,7-11H2,(H,18,19)/t13-/m0/s1/i/hD. The van der Waals surface area contributed by atoms with Crippen molar-refractivity contribution >= 4 is 12.1 Å². The molecular formula is C16H19NO6. The smallest absolute Gasteiger partial charge is 0.411 e. The third-order valence-corrected chi connectivity index (χ3v) is 4.02. The molecule has 1 aromatic rings. The van der Waals surface area contributed by atoms with Crippen LogP contribution in [0.5, 0.6) is 0 Å². The van der Waals surface area contributed by atoms with Crippen LogP contribution >= 0.6 is 0 Å². The summed E-state index contributed by atoms with van der Waals surface area (Å²) in [4.78, 5) is 25.5. The molecule has 2 fully saturated rings. The van der Waals surface area contributed by atoms with Gasteiger partial charge in [0, 0.05) is 6.42 Å². The van der Waals surface area contributed by atoms with E-state index >= 15 is 0 Å². The first kappa shape index (κ1) is 14.5. The Labute approximate surface area is 135 Å². The predicted octanol–water partition coefficient (Wildman–Crippen LogP) is 1.62. The minimum atomic E-state index is -1.02. The SMILES string of the molecule is [2H]OC(=O)[C@@H]1CC2(CN1C(=O)OCc1ccccc1)OCCCO2. The Bertz CT molecular complexity index is 589. The average Bonchev–Trinajstić information content (AvgIpc) is 2.99. The molecule has 1 atom stereocenters. The molecule has 2 saturated heterocycles. The first-order chi connectivity index (χ1) is 11.6. The molecule has 3 rings (SSSR count). The highest BCUT2D eigenvalue weighted by molar-refractivity contribution is 5.81. The van der Waals surface area contributed by atoms with Crippen molar-refractivity contribution in [2.75, 3.05) is 19.8 Å². The molecule has 7 heteroatoms. The van der Waals surface area contributed by atoms with Crippen molar-refractivity contribution < 1.29 is 28.9 Å². The summed E-state index contributed by atoms with van der Waals surface area (Å²) >= 11 is 0. The zero-order valence-corrected chi connectivity index (χ0v) is 12.6. The lowest BCUT2D eigenvalue weighted by atomic mass is 10.1. The van der Waals surface area contributed by atoms with Gasteiger partial charge < -0.3 is 19.3 Å². The number of carbonyl (C=O) groups excluding carboxylic acids is 1. The lowest BCUT2D eigenvalue weighted by Crippen LogP contribution is -2.44. The Morgan fingerprint density at radius 3 is 2.78 bits per heavy atom. The van der Waals surface area contributed by atoms with Crippen LogP contribution in [0.2, 0.25) is 0 Å². The maximum absolute atomic E-state index is 12.4. The van der Waals surface area contributed by atoms with Gasteiger partial charge in [-0.15, -0.1) is 0 Å². The number of benzene rings is 1. The molecule has 1 amide bonds. The Hall–Kier alpha value is -2.12. The molecule has 0 saturated carbocycles. The third-order valence-electron chi connectivity index (χ3n) is 4.02. The number of aliphatic carboxylic acids is 1. The summed E-state index contributed by atoms with van der Waals surface area (Å²) < 4.78 is 23.4. The predicted molar refractivity (Wildman–Crippen MR) is 78.6 cm³/mol. The normalized spacial score (nSPS) is 23.4. The van der Waals surface area contributed by atoms with E-state index in [2.05, 4.69) is 5.11 Å². The summed E-state index contributed by atoms with van der Waals surface area (Å²) in [6, 6.07) is 8.27. The minimum Gasteiger partial charge on any atom is -0.480 e. The first-order valence-corrected chi connectivity index (χ1v) is 7.56. The lowest BCUT2D eigenvalue weighted by molar-refractivity contribution is -0.257. The van der Waals surface area contributed by atoms with Crippen molar-refractivity contribution in [1.29, 1.82) is 1.43 Å². The molecule has 1 spiro atoms. The van der Waals surface area contributed by atoms with Crippen LogP contribution in [0.25, 0.3) is 1.43 Å². The Balaban J connectivity index is 1.68. The zero-order valence-electron chi connectivity index (χ0n) is 13.6. The number of likely N-dealkylation sites (tertiary alicyclic amines) is 1. The summed E-state index contributed by atoms with van der Waals surface area (Å²) in [5.41, 5.74) is 0.838. The van der Waals surface area contributed by atoms with Crippen LogP contribution in [-0.2, 0) is 25.6 Å². The van der Waals surface area contributed by atoms with Crippen molar-refractivity contribution in [3.63, 3.8) is 0 Å². The maximum atomic E-state index is 12.4. The number of carboxylic acids is 1. The fourth-order valence-electron chi connectivity index (χ4n) is 2.87. The number of carboxylic acid groups (broad SMARTS) is 1. The van der Waals surface area contributed by atoms with Crippen LogP contribution in [-0.4, -0.2) is 53.7 Å². The van der Waals surface area contributed by atoms with E-state index in [0.717, 1.165) is 12.0 Å². The number of carbonyl (C=O) groups is 2. The monoisotopic (exact) mass is 322 g/mol. The van der Waals surface area contributed by atoms with Crippen molar-refractivity contribution in [3.8, 4) is 0 Å². The minimum absolute atomic E-state index is 0.0698. The van der Waals surface area contributed by atoms with E-state index in [1.54, 1.807) is 0 Å². The van der Waals surface area contributed by atoms with Crippen LogP contribution in [0, 0.1) is 0 Å². The molecule has 2 heterocycles. The number of ether oxygens (including phenoxy) is 3. The van der Waals surface area contributed by atoms with Crippen LogP contribution in [0.4, 0.5) is 4.79 Å². The number of rotatable bonds is 3. The largest absolute Gasteiger partial charge is 0.480 e.